The van der Waals surface area contributed by atoms with Crippen LogP contribution in [-0.2, 0) is 11.3 Å². The van der Waals surface area contributed by atoms with Gasteiger partial charge < -0.3 is 15.5 Å². The van der Waals surface area contributed by atoms with Crippen LogP contribution in [0.15, 0.2) is 24.3 Å². The molecule has 1 amide bonds. The van der Waals surface area contributed by atoms with Crippen LogP contribution in [0.5, 0.6) is 0 Å². The Morgan fingerprint density at radius 3 is 2.40 bits per heavy atom. The Labute approximate surface area is 146 Å². The zero-order valence-electron chi connectivity index (χ0n) is 14.4. The minimum absolute atomic E-state index is 0.0124. The van der Waals surface area contributed by atoms with Crippen LogP contribution >= 0.6 is 0 Å². The molecule has 0 aliphatic carbocycles. The van der Waals surface area contributed by atoms with E-state index in [1.807, 2.05) is 0 Å². The normalized spacial score (nSPS) is 16.0. The summed E-state index contributed by atoms with van der Waals surface area (Å²) < 4.78 is 36.2. The molecule has 2 N–H and O–H groups in total. The second-order valence-corrected chi connectivity index (χ2v) is 6.44. The zero-order valence-corrected chi connectivity index (χ0v) is 14.4. The maximum atomic E-state index is 12.1. The third kappa shape index (κ3) is 8.36. The number of halogens is 3. The van der Waals surface area contributed by atoms with Crippen molar-refractivity contribution in [1.82, 2.24) is 10.2 Å². The van der Waals surface area contributed by atoms with Gasteiger partial charge in [0.05, 0.1) is 6.42 Å². The molecule has 1 aliphatic heterocycles. The monoisotopic (exact) mass is 357 g/mol. The number of likely N-dealkylation sites (tertiary alicyclic amines) is 1. The second kappa shape index (κ2) is 9.77. The predicted octanol–water partition coefficient (Wildman–Crippen LogP) is 3.54. The van der Waals surface area contributed by atoms with Gasteiger partial charge >= 0.3 is 6.18 Å². The summed E-state index contributed by atoms with van der Waals surface area (Å²) in [6.07, 6.45) is -0.797. The van der Waals surface area contributed by atoms with E-state index in [1.165, 1.54) is 19.3 Å². The number of carbonyl (C=O) groups excluding carboxylic acids is 1. The van der Waals surface area contributed by atoms with E-state index in [9.17, 15) is 18.0 Å². The number of anilines is 1. The molecule has 4 nitrogen and oxygen atoms in total. The SMILES string of the molecule is O=C(CCN1CCCCC1)Nc1ccc(CNCCC(F)(F)F)cc1. The van der Waals surface area contributed by atoms with Gasteiger partial charge in [0.15, 0.2) is 0 Å². The van der Waals surface area contributed by atoms with Crippen LogP contribution in [-0.4, -0.2) is 43.2 Å². The van der Waals surface area contributed by atoms with E-state index in [2.05, 4.69) is 15.5 Å². The molecule has 0 unspecified atom stereocenters. The van der Waals surface area contributed by atoms with Gasteiger partial charge in [-0.05, 0) is 43.6 Å². The van der Waals surface area contributed by atoms with E-state index in [4.69, 9.17) is 0 Å². The summed E-state index contributed by atoms with van der Waals surface area (Å²) in [5, 5.41) is 5.62. The van der Waals surface area contributed by atoms with Crippen LogP contribution in [0, 0.1) is 0 Å². The Morgan fingerprint density at radius 2 is 1.76 bits per heavy atom. The molecule has 7 heteroatoms. The van der Waals surface area contributed by atoms with Gasteiger partial charge in [0, 0.05) is 31.7 Å². The van der Waals surface area contributed by atoms with Crippen LogP contribution in [0.1, 0.15) is 37.7 Å². The number of carbonyl (C=O) groups is 1. The van der Waals surface area contributed by atoms with E-state index in [1.54, 1.807) is 24.3 Å². The van der Waals surface area contributed by atoms with Crippen molar-refractivity contribution in [2.75, 3.05) is 31.5 Å². The summed E-state index contributed by atoms with van der Waals surface area (Å²) in [5.41, 5.74) is 1.59. The Balaban J connectivity index is 1.66. The summed E-state index contributed by atoms with van der Waals surface area (Å²) in [6.45, 7) is 3.21. The average Bonchev–Trinajstić information content (AvgIpc) is 2.58. The van der Waals surface area contributed by atoms with Crippen LogP contribution in [0.25, 0.3) is 0 Å². The van der Waals surface area contributed by atoms with E-state index < -0.39 is 12.6 Å². The maximum Gasteiger partial charge on any atom is 0.390 e. The molecule has 1 aliphatic rings. The number of amides is 1. The Kier molecular flexibility index (Phi) is 7.71. The summed E-state index contributed by atoms with van der Waals surface area (Å²) in [6, 6.07) is 7.17. The van der Waals surface area contributed by atoms with Crippen molar-refractivity contribution < 1.29 is 18.0 Å². The molecule has 0 saturated carbocycles. The molecule has 25 heavy (non-hydrogen) atoms. The van der Waals surface area contributed by atoms with Gasteiger partial charge in [0.1, 0.15) is 0 Å². The molecule has 1 heterocycles. The summed E-state index contributed by atoms with van der Waals surface area (Å²) in [5.74, 6) is -0.0124. The average molecular weight is 357 g/mol. The third-order valence-electron chi connectivity index (χ3n) is 4.26. The molecule has 0 radical (unpaired) electrons. The fourth-order valence-electron chi connectivity index (χ4n) is 2.83. The van der Waals surface area contributed by atoms with Crippen molar-refractivity contribution in [2.45, 2.75) is 44.8 Å². The van der Waals surface area contributed by atoms with E-state index >= 15 is 0 Å². The maximum absolute atomic E-state index is 12.1. The van der Waals surface area contributed by atoms with Gasteiger partial charge in [-0.2, -0.15) is 13.2 Å². The van der Waals surface area contributed by atoms with Crippen molar-refractivity contribution in [2.24, 2.45) is 0 Å². The fraction of sp³-hybridized carbons (Fsp3) is 0.611. The fourth-order valence-corrected chi connectivity index (χ4v) is 2.83. The highest BCUT2D eigenvalue weighted by Gasteiger charge is 2.25. The van der Waals surface area contributed by atoms with Gasteiger partial charge in [0.2, 0.25) is 5.91 Å². The molecule has 2 rings (SSSR count). The molecule has 1 fully saturated rings. The van der Waals surface area contributed by atoms with Gasteiger partial charge in [-0.1, -0.05) is 18.6 Å². The Bertz CT molecular complexity index is 525. The standard InChI is InChI=1S/C18H26F3N3O/c19-18(20,21)9-10-22-14-15-4-6-16(7-5-15)23-17(25)8-13-24-11-2-1-3-12-24/h4-7,22H,1-3,8-14H2,(H,23,25). The van der Waals surface area contributed by atoms with Crippen molar-refractivity contribution >= 4 is 11.6 Å². The lowest BCUT2D eigenvalue weighted by Gasteiger charge is -2.25. The molecule has 0 atom stereocenters. The number of benzene rings is 1. The summed E-state index contributed by atoms with van der Waals surface area (Å²) in [4.78, 5) is 14.3. The second-order valence-electron chi connectivity index (χ2n) is 6.44. The van der Waals surface area contributed by atoms with Crippen LogP contribution in [0.2, 0.25) is 0 Å². The van der Waals surface area contributed by atoms with Gasteiger partial charge in [-0.15, -0.1) is 0 Å². The number of nitrogens with zero attached hydrogens (tertiary/aromatic N) is 1. The van der Waals surface area contributed by atoms with Crippen LogP contribution in [0.4, 0.5) is 18.9 Å². The van der Waals surface area contributed by atoms with Gasteiger partial charge in [-0.25, -0.2) is 0 Å². The molecule has 0 aromatic heterocycles. The van der Waals surface area contributed by atoms with Crippen LogP contribution in [0.3, 0.4) is 0 Å². The van der Waals surface area contributed by atoms with E-state index in [0.29, 0.717) is 18.7 Å². The minimum atomic E-state index is -4.13. The Morgan fingerprint density at radius 1 is 1.08 bits per heavy atom. The highest BCUT2D eigenvalue weighted by Crippen LogP contribution is 2.18. The first kappa shape index (κ1) is 19.7. The molecular formula is C18H26F3N3O. The van der Waals surface area contributed by atoms with E-state index in [0.717, 1.165) is 25.2 Å². The minimum Gasteiger partial charge on any atom is -0.326 e. The third-order valence-corrected chi connectivity index (χ3v) is 4.26. The molecule has 1 saturated heterocycles. The number of nitrogens with one attached hydrogen (secondary N) is 2. The lowest BCUT2D eigenvalue weighted by atomic mass is 10.1. The largest absolute Gasteiger partial charge is 0.390 e. The first-order chi connectivity index (χ1) is 11.9. The predicted molar refractivity (Wildman–Crippen MR) is 92.4 cm³/mol. The molecular weight excluding hydrogens is 331 g/mol. The molecule has 0 bridgehead atoms. The quantitative estimate of drug-likeness (QED) is 0.700. The molecule has 140 valence electrons. The van der Waals surface area contributed by atoms with Gasteiger partial charge in [-0.3, -0.25) is 4.79 Å². The van der Waals surface area contributed by atoms with Crippen molar-refractivity contribution in [3.63, 3.8) is 0 Å². The van der Waals surface area contributed by atoms with E-state index in [-0.39, 0.29) is 12.5 Å². The van der Waals surface area contributed by atoms with Crippen molar-refractivity contribution in [1.29, 1.82) is 0 Å². The van der Waals surface area contributed by atoms with Crippen molar-refractivity contribution in [3.05, 3.63) is 29.8 Å². The number of hydrogen-bond donors (Lipinski definition) is 2. The van der Waals surface area contributed by atoms with Crippen molar-refractivity contribution in [3.8, 4) is 0 Å². The lowest BCUT2D eigenvalue weighted by molar-refractivity contribution is -0.133. The molecule has 1 aromatic rings. The topological polar surface area (TPSA) is 44.4 Å². The summed E-state index contributed by atoms with van der Waals surface area (Å²) in [7, 11) is 0. The first-order valence-electron chi connectivity index (χ1n) is 8.81. The number of piperidine rings is 1. The highest BCUT2D eigenvalue weighted by molar-refractivity contribution is 5.90. The number of alkyl halides is 3. The highest BCUT2D eigenvalue weighted by atomic mass is 19.4. The summed E-state index contributed by atoms with van der Waals surface area (Å²) >= 11 is 0. The smallest absolute Gasteiger partial charge is 0.326 e. The Hall–Kier alpha value is -1.60. The number of rotatable bonds is 8. The molecule has 1 aromatic carbocycles. The first-order valence-corrected chi connectivity index (χ1v) is 8.81. The van der Waals surface area contributed by atoms with Crippen LogP contribution < -0.4 is 10.6 Å². The lowest BCUT2D eigenvalue weighted by Crippen LogP contribution is -2.32. The zero-order chi connectivity index (χ0) is 18.1. The number of hydrogen-bond acceptors (Lipinski definition) is 3. The molecule has 0 spiro atoms. The van der Waals surface area contributed by atoms with Gasteiger partial charge in [0.25, 0.3) is 0 Å².